The molecule has 6 heteroatoms. The predicted octanol–water partition coefficient (Wildman–Crippen LogP) is 6.82. The van der Waals surface area contributed by atoms with Crippen molar-refractivity contribution in [3.63, 3.8) is 0 Å². The second kappa shape index (κ2) is 9.06. The molecule has 0 spiro atoms. The highest BCUT2D eigenvalue weighted by molar-refractivity contribution is 6.05. The lowest BCUT2D eigenvalue weighted by molar-refractivity contribution is -0.111. The third-order valence-electron chi connectivity index (χ3n) is 5.03. The summed E-state index contributed by atoms with van der Waals surface area (Å²) in [4.78, 5) is 12.5. The number of nitrogens with one attached hydrogen (secondary N) is 1. The van der Waals surface area contributed by atoms with Crippen LogP contribution >= 0.6 is 0 Å². The summed E-state index contributed by atoms with van der Waals surface area (Å²) < 4.78 is 38.7. The molecule has 0 fully saturated rings. The van der Waals surface area contributed by atoms with Crippen LogP contribution in [0, 0.1) is 11.6 Å². The Labute approximate surface area is 184 Å². The van der Waals surface area contributed by atoms with Crippen molar-refractivity contribution in [1.29, 1.82) is 0 Å². The lowest BCUT2D eigenvalue weighted by Crippen LogP contribution is -2.10. The number of amides is 1. The Balaban J connectivity index is 1.73. The number of hydrogen-bond donors (Lipinski definition) is 1. The van der Waals surface area contributed by atoms with Gasteiger partial charge in [-0.1, -0.05) is 24.3 Å². The number of para-hydroxylation sites is 1. The van der Waals surface area contributed by atoms with E-state index in [-0.39, 0.29) is 11.5 Å². The lowest BCUT2D eigenvalue weighted by Gasteiger charge is -2.12. The fourth-order valence-corrected chi connectivity index (χ4v) is 3.50. The third kappa shape index (κ3) is 4.39. The molecule has 0 aliphatic carbocycles. The third-order valence-corrected chi connectivity index (χ3v) is 5.03. The number of ether oxygens (including phenoxy) is 1. The van der Waals surface area contributed by atoms with Gasteiger partial charge in [-0.3, -0.25) is 4.79 Å². The van der Waals surface area contributed by atoms with Gasteiger partial charge in [0, 0.05) is 28.7 Å². The van der Waals surface area contributed by atoms with Crippen molar-refractivity contribution in [3.05, 3.63) is 90.2 Å². The molecule has 1 aromatic heterocycles. The van der Waals surface area contributed by atoms with Gasteiger partial charge in [-0.15, -0.1) is 0 Å². The first-order valence-corrected chi connectivity index (χ1v) is 10.1. The summed E-state index contributed by atoms with van der Waals surface area (Å²) in [5.74, 6) is -0.722. The van der Waals surface area contributed by atoms with Gasteiger partial charge in [0.05, 0.1) is 18.6 Å². The summed E-state index contributed by atoms with van der Waals surface area (Å²) in [5, 5.41) is 3.35. The minimum Gasteiger partial charge on any atom is -0.493 e. The van der Waals surface area contributed by atoms with E-state index in [0.717, 1.165) is 16.5 Å². The normalized spacial score (nSPS) is 11.6. The minimum absolute atomic E-state index is 0.107. The highest BCUT2D eigenvalue weighted by atomic mass is 19.1. The van der Waals surface area contributed by atoms with Gasteiger partial charge in [0.15, 0.2) is 0 Å². The summed E-state index contributed by atoms with van der Waals surface area (Å²) in [5.41, 5.74) is 3.66. The quantitative estimate of drug-likeness (QED) is 0.340. The van der Waals surface area contributed by atoms with E-state index in [1.54, 1.807) is 43.5 Å². The van der Waals surface area contributed by atoms with E-state index >= 15 is 0 Å². The first-order chi connectivity index (χ1) is 15.5. The number of halogens is 2. The molecule has 0 radical (unpaired) electrons. The summed E-state index contributed by atoms with van der Waals surface area (Å²) in [7, 11) is 0. The number of carbonyl (C=O) groups excluding carboxylic acids is 1. The molecule has 0 saturated carbocycles. The lowest BCUT2D eigenvalue weighted by atomic mass is 9.99. The second-order valence-electron chi connectivity index (χ2n) is 7.23. The van der Waals surface area contributed by atoms with Crippen molar-refractivity contribution in [2.45, 2.75) is 13.8 Å². The van der Waals surface area contributed by atoms with E-state index in [1.807, 2.05) is 13.0 Å². The van der Waals surface area contributed by atoms with E-state index in [1.165, 1.54) is 30.3 Å². The summed E-state index contributed by atoms with van der Waals surface area (Å²) in [6, 6.07) is 15.8. The van der Waals surface area contributed by atoms with Crippen molar-refractivity contribution in [2.75, 3.05) is 11.9 Å². The van der Waals surface area contributed by atoms with Crippen molar-refractivity contribution >= 4 is 28.1 Å². The van der Waals surface area contributed by atoms with Gasteiger partial charge in [0.2, 0.25) is 5.91 Å². The molecule has 0 aliphatic rings. The average molecular weight is 433 g/mol. The molecule has 0 bridgehead atoms. The topological polar surface area (TPSA) is 51.5 Å². The smallest absolute Gasteiger partial charge is 0.248 e. The molecule has 0 aliphatic heterocycles. The number of hydrogen-bond acceptors (Lipinski definition) is 3. The van der Waals surface area contributed by atoms with Crippen LogP contribution in [0.5, 0.6) is 5.75 Å². The van der Waals surface area contributed by atoms with Gasteiger partial charge in [-0.05, 0) is 55.3 Å². The number of furan rings is 1. The Bertz CT molecular complexity index is 1310. The van der Waals surface area contributed by atoms with Crippen molar-refractivity contribution in [3.8, 4) is 16.9 Å². The van der Waals surface area contributed by atoms with Gasteiger partial charge in [0.25, 0.3) is 0 Å². The fourth-order valence-electron chi connectivity index (χ4n) is 3.50. The molecule has 162 valence electrons. The van der Waals surface area contributed by atoms with Crippen molar-refractivity contribution in [1.82, 2.24) is 0 Å². The van der Waals surface area contributed by atoms with Crippen LogP contribution in [0.25, 0.3) is 27.7 Å². The predicted molar refractivity (Wildman–Crippen MR) is 121 cm³/mol. The maximum Gasteiger partial charge on any atom is 0.248 e. The standard InChI is InChI=1S/C26H21F2NO3/c1-3-31-24-14-25-20(21(15-32-25)17-8-10-18(27)11-9-17)13-19(24)16(2)12-26(30)29-23-7-5-4-6-22(23)28/h4-15H,3H2,1-2H3,(H,29,30)/b16-12+. The maximum atomic E-state index is 13.9. The monoisotopic (exact) mass is 433 g/mol. The molecule has 1 amide bonds. The van der Waals surface area contributed by atoms with Crippen LogP contribution in [0.1, 0.15) is 19.4 Å². The average Bonchev–Trinajstić information content (AvgIpc) is 3.18. The molecule has 0 unspecified atom stereocenters. The Morgan fingerprint density at radius 1 is 1.09 bits per heavy atom. The van der Waals surface area contributed by atoms with Crippen molar-refractivity contribution < 1.29 is 22.7 Å². The Morgan fingerprint density at radius 2 is 1.84 bits per heavy atom. The van der Waals surface area contributed by atoms with E-state index in [2.05, 4.69) is 5.32 Å². The van der Waals surface area contributed by atoms with Gasteiger partial charge in [-0.25, -0.2) is 8.78 Å². The largest absolute Gasteiger partial charge is 0.493 e. The van der Waals surface area contributed by atoms with Crippen LogP contribution in [0.15, 0.2) is 77.4 Å². The minimum atomic E-state index is -0.509. The number of benzene rings is 3. The molecular formula is C26H21F2NO3. The first-order valence-electron chi connectivity index (χ1n) is 10.1. The number of fused-ring (bicyclic) bond motifs is 1. The molecule has 0 saturated heterocycles. The van der Waals surface area contributed by atoms with Crippen LogP contribution in [0.2, 0.25) is 0 Å². The number of anilines is 1. The van der Waals surface area contributed by atoms with E-state index in [9.17, 15) is 13.6 Å². The molecule has 3 aromatic carbocycles. The van der Waals surface area contributed by atoms with Gasteiger partial charge >= 0.3 is 0 Å². The first kappa shape index (κ1) is 21.3. The molecule has 1 heterocycles. The zero-order valence-corrected chi connectivity index (χ0v) is 17.6. The van der Waals surface area contributed by atoms with E-state index in [0.29, 0.717) is 29.1 Å². The molecule has 0 atom stereocenters. The molecule has 4 nitrogen and oxygen atoms in total. The van der Waals surface area contributed by atoms with Crippen LogP contribution in [-0.2, 0) is 4.79 Å². The second-order valence-corrected chi connectivity index (χ2v) is 7.23. The molecule has 4 aromatic rings. The van der Waals surface area contributed by atoms with Gasteiger partial charge in [0.1, 0.15) is 23.0 Å². The highest BCUT2D eigenvalue weighted by Crippen LogP contribution is 2.37. The highest BCUT2D eigenvalue weighted by Gasteiger charge is 2.15. The van der Waals surface area contributed by atoms with Gasteiger partial charge < -0.3 is 14.5 Å². The molecule has 1 N–H and O–H groups in total. The number of rotatable bonds is 6. The van der Waals surface area contributed by atoms with E-state index < -0.39 is 11.7 Å². The van der Waals surface area contributed by atoms with Crippen molar-refractivity contribution in [2.24, 2.45) is 0 Å². The van der Waals surface area contributed by atoms with Crippen LogP contribution < -0.4 is 10.1 Å². The summed E-state index contributed by atoms with van der Waals surface area (Å²) in [6.45, 7) is 4.07. The fraction of sp³-hybridized carbons (Fsp3) is 0.115. The number of allylic oxidation sites excluding steroid dienone is 1. The maximum absolute atomic E-state index is 13.9. The Kier molecular flexibility index (Phi) is 6.03. The Morgan fingerprint density at radius 3 is 2.56 bits per heavy atom. The number of carbonyl (C=O) groups is 1. The molecule has 32 heavy (non-hydrogen) atoms. The zero-order chi connectivity index (χ0) is 22.7. The van der Waals surface area contributed by atoms with Gasteiger partial charge in [-0.2, -0.15) is 0 Å². The van der Waals surface area contributed by atoms with Crippen LogP contribution in [0.4, 0.5) is 14.5 Å². The van der Waals surface area contributed by atoms with E-state index in [4.69, 9.17) is 9.15 Å². The van der Waals surface area contributed by atoms with Crippen LogP contribution in [0.3, 0.4) is 0 Å². The Hall–Kier alpha value is -3.93. The summed E-state index contributed by atoms with van der Waals surface area (Å²) in [6.07, 6.45) is 3.01. The molecule has 4 rings (SSSR count). The van der Waals surface area contributed by atoms with Crippen LogP contribution in [-0.4, -0.2) is 12.5 Å². The molecular weight excluding hydrogens is 412 g/mol. The summed E-state index contributed by atoms with van der Waals surface area (Å²) >= 11 is 0. The SMILES string of the molecule is CCOc1cc2occ(-c3ccc(F)cc3)c2cc1/C(C)=C/C(=O)Nc1ccccc1F. The zero-order valence-electron chi connectivity index (χ0n) is 17.6.